The van der Waals surface area contributed by atoms with Gasteiger partial charge in [-0.2, -0.15) is 0 Å². The highest BCUT2D eigenvalue weighted by molar-refractivity contribution is 7.90. The molecule has 3 rings (SSSR count). The fraction of sp³-hybridized carbons (Fsp3) is 0.316. The molecule has 10 heteroatoms. The highest BCUT2D eigenvalue weighted by Gasteiger charge is 2.46. The van der Waals surface area contributed by atoms with E-state index in [-0.39, 0.29) is 0 Å². The largest absolute Gasteiger partial charge is 0.573 e. The Morgan fingerprint density at radius 1 is 1.21 bits per heavy atom. The van der Waals surface area contributed by atoms with E-state index in [1.807, 2.05) is 4.72 Å². The molecule has 1 unspecified atom stereocenters. The maximum atomic E-state index is 13.1. The first-order chi connectivity index (χ1) is 13.5. The van der Waals surface area contributed by atoms with Gasteiger partial charge in [-0.15, -0.1) is 13.2 Å². The molecule has 0 saturated heterocycles. The van der Waals surface area contributed by atoms with Gasteiger partial charge < -0.3 is 4.74 Å². The second-order valence-corrected chi connectivity index (χ2v) is 8.69. The minimum atomic E-state index is -5.08. The third-order valence-electron chi connectivity index (χ3n) is 5.07. The fourth-order valence-electron chi connectivity index (χ4n) is 3.65. The normalized spacial score (nSPS) is 18.9. The first kappa shape index (κ1) is 21.4. The Hall–Kier alpha value is -2.26. The molecule has 0 saturated carbocycles. The molecule has 1 aliphatic carbocycles. The summed E-state index contributed by atoms with van der Waals surface area (Å²) in [6.07, 6.45) is -3.96. The molecule has 1 amide bonds. The molecule has 5 nitrogen and oxygen atoms in total. The number of nitrogens with one attached hydrogen (secondary N) is 1. The lowest BCUT2D eigenvalue weighted by atomic mass is 9.79. The quantitative estimate of drug-likeness (QED) is 0.740. The Balaban J connectivity index is 1.97. The van der Waals surface area contributed by atoms with Gasteiger partial charge >= 0.3 is 6.36 Å². The molecule has 2 aromatic rings. The third kappa shape index (κ3) is 4.06. The molecule has 2 aromatic carbocycles. The lowest BCUT2D eigenvalue weighted by Gasteiger charge is -2.28. The van der Waals surface area contributed by atoms with E-state index in [1.165, 1.54) is 12.1 Å². The number of carbonyl (C=O) groups excluding carboxylic acids is 1. The zero-order valence-corrected chi connectivity index (χ0v) is 16.8. The van der Waals surface area contributed by atoms with Crippen LogP contribution in [0.1, 0.15) is 30.9 Å². The van der Waals surface area contributed by atoms with E-state index in [4.69, 9.17) is 11.6 Å². The zero-order chi connectivity index (χ0) is 21.4. The van der Waals surface area contributed by atoms with E-state index in [2.05, 4.69) is 4.74 Å². The van der Waals surface area contributed by atoms with Gasteiger partial charge in [0.15, 0.2) is 0 Å². The molecular weight excluding hydrogens is 431 g/mol. The number of amides is 1. The van der Waals surface area contributed by atoms with E-state index in [9.17, 15) is 26.4 Å². The Labute approximate surface area is 170 Å². The number of hydrogen-bond acceptors (Lipinski definition) is 4. The van der Waals surface area contributed by atoms with Crippen molar-refractivity contribution in [2.24, 2.45) is 0 Å². The van der Waals surface area contributed by atoms with Crippen molar-refractivity contribution in [1.82, 2.24) is 4.72 Å². The van der Waals surface area contributed by atoms with Crippen LogP contribution < -0.4 is 9.46 Å². The maximum Gasteiger partial charge on any atom is 0.573 e. The summed E-state index contributed by atoms with van der Waals surface area (Å²) in [5.41, 5.74) is 0.247. The zero-order valence-electron chi connectivity index (χ0n) is 15.2. The lowest BCUT2D eigenvalue weighted by molar-refractivity contribution is -0.275. The van der Waals surface area contributed by atoms with Gasteiger partial charge in [0.2, 0.25) is 5.91 Å². The number of hydrogen-bond donors (Lipinski definition) is 1. The van der Waals surface area contributed by atoms with Crippen molar-refractivity contribution < 1.29 is 31.1 Å². The smallest absolute Gasteiger partial charge is 0.404 e. The van der Waals surface area contributed by atoms with Gasteiger partial charge in [-0.25, -0.2) is 13.1 Å². The molecule has 0 heterocycles. The van der Waals surface area contributed by atoms with Crippen LogP contribution in [0.5, 0.6) is 5.75 Å². The molecule has 29 heavy (non-hydrogen) atoms. The van der Waals surface area contributed by atoms with Gasteiger partial charge in [0, 0.05) is 5.02 Å². The van der Waals surface area contributed by atoms with Crippen LogP contribution in [0.2, 0.25) is 5.02 Å². The van der Waals surface area contributed by atoms with E-state index in [1.54, 1.807) is 25.1 Å². The van der Waals surface area contributed by atoms with Crippen LogP contribution in [0.25, 0.3) is 0 Å². The van der Waals surface area contributed by atoms with Crippen LogP contribution >= 0.6 is 11.6 Å². The van der Waals surface area contributed by atoms with Crippen molar-refractivity contribution in [3.63, 3.8) is 0 Å². The topological polar surface area (TPSA) is 72.5 Å². The molecule has 0 aliphatic heterocycles. The van der Waals surface area contributed by atoms with Gasteiger partial charge in [-0.1, -0.05) is 42.8 Å². The number of para-hydroxylation sites is 1. The van der Waals surface area contributed by atoms with Gasteiger partial charge in [0.25, 0.3) is 10.0 Å². The van der Waals surface area contributed by atoms with Crippen molar-refractivity contribution in [2.75, 3.05) is 0 Å². The molecule has 1 atom stereocenters. The fourth-order valence-corrected chi connectivity index (χ4v) is 5.10. The van der Waals surface area contributed by atoms with Gasteiger partial charge in [-0.3, -0.25) is 4.79 Å². The Kier molecular flexibility index (Phi) is 5.57. The Morgan fingerprint density at radius 3 is 2.55 bits per heavy atom. The summed E-state index contributed by atoms with van der Waals surface area (Å²) >= 11 is 6.20. The summed E-state index contributed by atoms with van der Waals surface area (Å²) in [6.45, 7) is 1.74. The molecule has 0 fully saturated rings. The van der Waals surface area contributed by atoms with Crippen molar-refractivity contribution >= 4 is 27.5 Å². The molecule has 0 bridgehead atoms. The highest BCUT2D eigenvalue weighted by Crippen LogP contribution is 2.44. The predicted molar refractivity (Wildman–Crippen MR) is 100 cm³/mol. The molecule has 156 valence electrons. The van der Waals surface area contributed by atoms with Gasteiger partial charge in [-0.05, 0) is 48.6 Å². The number of rotatable bonds is 5. The number of halogens is 4. The summed E-state index contributed by atoms with van der Waals surface area (Å²) in [6, 6.07) is 9.32. The monoisotopic (exact) mass is 447 g/mol. The minimum absolute atomic E-state index is 0.294. The molecule has 1 N–H and O–H groups in total. The second kappa shape index (κ2) is 7.53. The van der Waals surface area contributed by atoms with Crippen LogP contribution in [-0.4, -0.2) is 20.7 Å². The Morgan fingerprint density at radius 2 is 1.90 bits per heavy atom. The number of carbonyl (C=O) groups is 1. The SMILES string of the molecule is CCC1(C(=O)NS(=O)(=O)c2ccccc2OC(F)(F)F)CCc2c(Cl)cccc21. The molecule has 0 radical (unpaired) electrons. The van der Waals surface area contributed by atoms with Crippen LogP contribution in [0.4, 0.5) is 13.2 Å². The van der Waals surface area contributed by atoms with E-state index in [0.717, 1.165) is 17.7 Å². The van der Waals surface area contributed by atoms with E-state index in [0.29, 0.717) is 29.8 Å². The van der Waals surface area contributed by atoms with Crippen LogP contribution in [0, 0.1) is 0 Å². The second-order valence-electron chi connectivity index (χ2n) is 6.63. The molecular formula is C19H17ClF3NO4S. The van der Waals surface area contributed by atoms with Gasteiger partial charge in [0.1, 0.15) is 10.6 Å². The first-order valence-corrected chi connectivity index (χ1v) is 10.6. The summed E-state index contributed by atoms with van der Waals surface area (Å²) in [4.78, 5) is 12.3. The number of fused-ring (bicyclic) bond motifs is 1. The van der Waals surface area contributed by atoms with Crippen molar-refractivity contribution in [3.8, 4) is 5.75 Å². The summed E-state index contributed by atoms with van der Waals surface area (Å²) in [5, 5.41) is 0.484. The molecule has 0 aromatic heterocycles. The van der Waals surface area contributed by atoms with E-state index < -0.39 is 38.4 Å². The Bertz CT molecular complexity index is 1060. The van der Waals surface area contributed by atoms with Crippen molar-refractivity contribution in [1.29, 1.82) is 0 Å². The van der Waals surface area contributed by atoms with Crippen molar-refractivity contribution in [2.45, 2.75) is 42.9 Å². The van der Waals surface area contributed by atoms with Crippen LogP contribution in [-0.2, 0) is 26.7 Å². The van der Waals surface area contributed by atoms with E-state index >= 15 is 0 Å². The number of benzene rings is 2. The standard InChI is InChI=1S/C19H17ClF3NO4S/c1-2-18(11-10-12-13(18)6-5-7-14(12)20)17(25)24-29(26,27)16-9-4-3-8-15(16)28-19(21,22)23/h3-9H,2,10-11H2,1H3,(H,24,25). The molecule has 0 spiro atoms. The van der Waals surface area contributed by atoms with Crippen LogP contribution in [0.3, 0.4) is 0 Å². The summed E-state index contributed by atoms with van der Waals surface area (Å²) in [5.74, 6) is -1.73. The predicted octanol–water partition coefficient (Wildman–Crippen LogP) is 4.34. The average molecular weight is 448 g/mol. The van der Waals surface area contributed by atoms with Crippen molar-refractivity contribution in [3.05, 3.63) is 58.6 Å². The number of ether oxygens (including phenoxy) is 1. The lowest BCUT2D eigenvalue weighted by Crippen LogP contribution is -2.45. The minimum Gasteiger partial charge on any atom is -0.404 e. The number of alkyl halides is 3. The molecule has 1 aliphatic rings. The summed E-state index contributed by atoms with van der Waals surface area (Å²) in [7, 11) is -4.62. The first-order valence-electron chi connectivity index (χ1n) is 8.70. The average Bonchev–Trinajstić information content (AvgIpc) is 3.01. The highest BCUT2D eigenvalue weighted by atomic mass is 35.5. The number of sulfonamides is 1. The maximum absolute atomic E-state index is 13.1. The van der Waals surface area contributed by atoms with Gasteiger partial charge in [0.05, 0.1) is 5.41 Å². The third-order valence-corrected chi connectivity index (χ3v) is 6.79. The van der Waals surface area contributed by atoms with Crippen LogP contribution in [0.15, 0.2) is 47.4 Å². The summed E-state index contributed by atoms with van der Waals surface area (Å²) < 4.78 is 69.1.